The monoisotopic (exact) mass is 347 g/mol. The second kappa shape index (κ2) is 5.98. The molecule has 1 aliphatic rings. The first-order valence-electron chi connectivity index (χ1n) is 7.02. The molecule has 0 radical (unpaired) electrons. The number of rotatable bonds is 2. The van der Waals surface area contributed by atoms with Crippen LogP contribution < -0.4 is 5.32 Å². The van der Waals surface area contributed by atoms with Crippen LogP contribution in [0.3, 0.4) is 0 Å². The van der Waals surface area contributed by atoms with Gasteiger partial charge in [-0.1, -0.05) is 22.0 Å². The molecule has 1 amide bonds. The number of amides is 1. The Morgan fingerprint density at radius 2 is 1.81 bits per heavy atom. The Kier molecular flexibility index (Phi) is 4.06. The quantitative estimate of drug-likeness (QED) is 0.836. The molecule has 0 aliphatic heterocycles. The highest BCUT2D eigenvalue weighted by atomic mass is 79.9. The maximum atomic E-state index is 13.8. The van der Waals surface area contributed by atoms with Gasteiger partial charge in [0.2, 0.25) is 0 Å². The van der Waals surface area contributed by atoms with Crippen LogP contribution in [0.15, 0.2) is 40.9 Å². The Labute approximate surface area is 131 Å². The molecule has 1 aliphatic carbocycles. The van der Waals surface area contributed by atoms with Gasteiger partial charge in [0.15, 0.2) is 0 Å². The fourth-order valence-electron chi connectivity index (χ4n) is 2.66. The fourth-order valence-corrected chi connectivity index (χ4v) is 2.99. The van der Waals surface area contributed by atoms with Gasteiger partial charge in [-0.25, -0.2) is 4.39 Å². The predicted octanol–water partition coefficient (Wildman–Crippen LogP) is 4.72. The van der Waals surface area contributed by atoms with Crippen molar-refractivity contribution in [3.8, 4) is 0 Å². The summed E-state index contributed by atoms with van der Waals surface area (Å²) in [5.74, 6) is -0.722. The Hall–Kier alpha value is -1.68. The lowest BCUT2D eigenvalue weighted by atomic mass is 9.90. The maximum absolute atomic E-state index is 13.8. The number of fused-ring (bicyclic) bond motifs is 1. The number of hydrogen-bond donors (Lipinski definition) is 1. The first-order chi connectivity index (χ1) is 10.1. The molecule has 21 heavy (non-hydrogen) atoms. The Bertz CT molecular complexity index is 699. The van der Waals surface area contributed by atoms with Gasteiger partial charge in [0, 0.05) is 10.0 Å². The zero-order chi connectivity index (χ0) is 14.8. The van der Waals surface area contributed by atoms with Gasteiger partial charge >= 0.3 is 0 Å². The van der Waals surface area contributed by atoms with E-state index in [0.29, 0.717) is 10.0 Å². The number of hydrogen-bond acceptors (Lipinski definition) is 1. The minimum absolute atomic E-state index is 0.195. The van der Waals surface area contributed by atoms with E-state index in [1.165, 1.54) is 30.0 Å². The largest absolute Gasteiger partial charge is 0.319 e. The highest BCUT2D eigenvalue weighted by molar-refractivity contribution is 9.10. The molecule has 0 spiro atoms. The van der Waals surface area contributed by atoms with E-state index < -0.39 is 5.82 Å². The van der Waals surface area contributed by atoms with E-state index in [1.54, 1.807) is 12.1 Å². The molecule has 0 atom stereocenters. The standard InChI is InChI=1S/C17H15BrFNO/c18-14-7-8-16(15(19)10-14)20-17(21)13-6-5-11-3-1-2-4-12(11)9-13/h5-10H,1-4H2,(H,20,21). The van der Waals surface area contributed by atoms with E-state index in [0.717, 1.165) is 12.8 Å². The van der Waals surface area contributed by atoms with Crippen LogP contribution in [0.25, 0.3) is 0 Å². The molecule has 2 aromatic carbocycles. The summed E-state index contributed by atoms with van der Waals surface area (Å²) in [6.07, 6.45) is 4.48. The van der Waals surface area contributed by atoms with Gasteiger partial charge in [-0.2, -0.15) is 0 Å². The first-order valence-corrected chi connectivity index (χ1v) is 7.81. The van der Waals surface area contributed by atoms with Crippen molar-refractivity contribution in [2.24, 2.45) is 0 Å². The molecule has 0 saturated carbocycles. The highest BCUT2D eigenvalue weighted by Gasteiger charge is 2.14. The second-order valence-corrected chi connectivity index (χ2v) is 6.18. The van der Waals surface area contributed by atoms with E-state index in [4.69, 9.17) is 0 Å². The molecule has 4 heteroatoms. The van der Waals surface area contributed by atoms with E-state index >= 15 is 0 Å². The van der Waals surface area contributed by atoms with Crippen molar-refractivity contribution in [2.45, 2.75) is 25.7 Å². The number of anilines is 1. The Morgan fingerprint density at radius 3 is 2.57 bits per heavy atom. The van der Waals surface area contributed by atoms with Crippen LogP contribution in [0.2, 0.25) is 0 Å². The molecule has 0 aromatic heterocycles. The molecular formula is C17H15BrFNO. The molecule has 2 aromatic rings. The molecule has 0 bridgehead atoms. The van der Waals surface area contributed by atoms with Gasteiger partial charge in [0.05, 0.1) is 5.69 Å². The summed E-state index contributed by atoms with van der Waals surface area (Å²) >= 11 is 3.20. The van der Waals surface area contributed by atoms with Crippen LogP contribution in [-0.4, -0.2) is 5.91 Å². The zero-order valence-corrected chi connectivity index (χ0v) is 13.0. The van der Waals surface area contributed by atoms with Crippen LogP contribution in [0.1, 0.15) is 34.3 Å². The topological polar surface area (TPSA) is 29.1 Å². The number of benzene rings is 2. The van der Waals surface area contributed by atoms with Crippen molar-refractivity contribution in [2.75, 3.05) is 5.32 Å². The first kappa shape index (κ1) is 14.3. The van der Waals surface area contributed by atoms with E-state index in [2.05, 4.69) is 21.2 Å². The van der Waals surface area contributed by atoms with Gasteiger partial charge in [-0.3, -0.25) is 4.79 Å². The van der Waals surface area contributed by atoms with E-state index in [9.17, 15) is 9.18 Å². The minimum Gasteiger partial charge on any atom is -0.319 e. The number of carbonyl (C=O) groups is 1. The van der Waals surface area contributed by atoms with Crippen LogP contribution in [0.5, 0.6) is 0 Å². The van der Waals surface area contributed by atoms with Crippen LogP contribution in [0, 0.1) is 5.82 Å². The summed E-state index contributed by atoms with van der Waals surface area (Å²) in [6, 6.07) is 10.3. The fraction of sp³-hybridized carbons (Fsp3) is 0.235. The second-order valence-electron chi connectivity index (χ2n) is 5.27. The Balaban J connectivity index is 1.82. The van der Waals surface area contributed by atoms with Crippen molar-refractivity contribution in [1.82, 2.24) is 0 Å². The summed E-state index contributed by atoms with van der Waals surface area (Å²) in [7, 11) is 0. The minimum atomic E-state index is -0.448. The van der Waals surface area contributed by atoms with Gasteiger partial charge < -0.3 is 5.32 Å². The summed E-state index contributed by atoms with van der Waals surface area (Å²) in [4.78, 5) is 12.2. The molecule has 1 N–H and O–H groups in total. The van der Waals surface area contributed by atoms with E-state index in [1.807, 2.05) is 18.2 Å². The van der Waals surface area contributed by atoms with Crippen LogP contribution in [-0.2, 0) is 12.8 Å². The lowest BCUT2D eigenvalue weighted by molar-refractivity contribution is 0.102. The number of carbonyl (C=O) groups excluding carboxylic acids is 1. The SMILES string of the molecule is O=C(Nc1ccc(Br)cc1F)c1ccc2c(c1)CCCC2. The van der Waals surface area contributed by atoms with Crippen LogP contribution >= 0.6 is 15.9 Å². The maximum Gasteiger partial charge on any atom is 0.255 e. The lowest BCUT2D eigenvalue weighted by Gasteiger charge is -2.16. The van der Waals surface area contributed by atoms with Crippen molar-refractivity contribution in [1.29, 1.82) is 0 Å². The smallest absolute Gasteiger partial charge is 0.255 e. The number of nitrogens with one attached hydrogen (secondary N) is 1. The van der Waals surface area contributed by atoms with Crippen LogP contribution in [0.4, 0.5) is 10.1 Å². The molecule has 0 saturated heterocycles. The molecular weight excluding hydrogens is 333 g/mol. The number of aryl methyl sites for hydroxylation is 2. The van der Waals surface area contributed by atoms with Gasteiger partial charge in [-0.15, -0.1) is 0 Å². The zero-order valence-electron chi connectivity index (χ0n) is 11.5. The van der Waals surface area contributed by atoms with Gasteiger partial charge in [-0.05, 0) is 67.1 Å². The van der Waals surface area contributed by atoms with E-state index in [-0.39, 0.29) is 11.6 Å². The summed E-state index contributed by atoms with van der Waals surface area (Å²) in [5, 5.41) is 2.63. The lowest BCUT2D eigenvalue weighted by Crippen LogP contribution is -2.14. The average Bonchev–Trinajstić information content (AvgIpc) is 2.49. The van der Waals surface area contributed by atoms with Crippen molar-refractivity contribution >= 4 is 27.5 Å². The highest BCUT2D eigenvalue weighted by Crippen LogP contribution is 2.24. The molecule has 0 unspecified atom stereocenters. The predicted molar refractivity (Wildman–Crippen MR) is 85.1 cm³/mol. The molecule has 0 heterocycles. The third-order valence-electron chi connectivity index (χ3n) is 3.79. The molecule has 3 rings (SSSR count). The normalized spacial score (nSPS) is 13.6. The Morgan fingerprint density at radius 1 is 1.05 bits per heavy atom. The summed E-state index contributed by atoms with van der Waals surface area (Å²) < 4.78 is 14.4. The summed E-state index contributed by atoms with van der Waals surface area (Å²) in [5.41, 5.74) is 3.34. The third-order valence-corrected chi connectivity index (χ3v) is 4.28. The third kappa shape index (κ3) is 3.16. The van der Waals surface area contributed by atoms with Crippen molar-refractivity contribution in [3.63, 3.8) is 0 Å². The molecule has 108 valence electrons. The molecule has 0 fully saturated rings. The van der Waals surface area contributed by atoms with Crippen molar-refractivity contribution < 1.29 is 9.18 Å². The van der Waals surface area contributed by atoms with Gasteiger partial charge in [0.1, 0.15) is 5.82 Å². The summed E-state index contributed by atoms with van der Waals surface area (Å²) in [6.45, 7) is 0. The molecule has 2 nitrogen and oxygen atoms in total. The number of halogens is 2. The van der Waals surface area contributed by atoms with Gasteiger partial charge in [0.25, 0.3) is 5.91 Å². The van der Waals surface area contributed by atoms with Crippen molar-refractivity contribution in [3.05, 3.63) is 63.4 Å². The average molecular weight is 348 g/mol.